The lowest BCUT2D eigenvalue weighted by molar-refractivity contribution is 0.313. The number of hydrogen-bond acceptors (Lipinski definition) is 9. The number of nitrogens with one attached hydrogen (secondary N) is 1. The number of thiophene rings is 1. The molecule has 194 valence electrons. The summed E-state index contributed by atoms with van der Waals surface area (Å²) in [5.41, 5.74) is 4.32. The molecule has 5 heterocycles. The van der Waals surface area contributed by atoms with Crippen molar-refractivity contribution >= 4 is 51.0 Å². The molecular formula is C28H29N7OS2. The largest absolute Gasteiger partial charge is 0.369 e. The molecule has 0 unspecified atom stereocenters. The number of aryl methyl sites for hydroxylation is 2. The summed E-state index contributed by atoms with van der Waals surface area (Å²) in [6, 6.07) is 14.3. The summed E-state index contributed by atoms with van der Waals surface area (Å²) in [7, 11) is 2.16. The molecule has 38 heavy (non-hydrogen) atoms. The van der Waals surface area contributed by atoms with Crippen LogP contribution in [-0.4, -0.2) is 57.6 Å². The minimum atomic E-state index is -0.0518. The molecule has 1 aliphatic heterocycles. The highest BCUT2D eigenvalue weighted by molar-refractivity contribution is 7.19. The molecule has 1 aromatic carbocycles. The second-order valence-electron chi connectivity index (χ2n) is 9.46. The average molecular weight is 544 g/mol. The molecule has 8 nitrogen and oxygen atoms in total. The first-order valence-corrected chi connectivity index (χ1v) is 14.4. The summed E-state index contributed by atoms with van der Waals surface area (Å²) in [5, 5.41) is 7.22. The van der Waals surface area contributed by atoms with Gasteiger partial charge < -0.3 is 15.1 Å². The third kappa shape index (κ3) is 4.82. The highest BCUT2D eigenvalue weighted by Gasteiger charge is 2.16. The predicted octanol–water partition coefficient (Wildman–Crippen LogP) is 5.47. The van der Waals surface area contributed by atoms with E-state index in [0.29, 0.717) is 23.7 Å². The lowest BCUT2D eigenvalue weighted by Gasteiger charge is -2.34. The highest BCUT2D eigenvalue weighted by atomic mass is 32.1. The number of nitrogens with zero attached hydrogens (tertiary/aromatic N) is 6. The van der Waals surface area contributed by atoms with E-state index in [4.69, 9.17) is 4.98 Å². The average Bonchev–Trinajstić information content (AvgIpc) is 3.59. The van der Waals surface area contributed by atoms with E-state index in [9.17, 15) is 4.79 Å². The zero-order valence-corrected chi connectivity index (χ0v) is 23.3. The number of hydrogen-bond donors (Lipinski definition) is 1. The maximum atomic E-state index is 13.5. The quantitative estimate of drug-likeness (QED) is 0.304. The van der Waals surface area contributed by atoms with Crippen molar-refractivity contribution in [2.24, 2.45) is 0 Å². The number of benzene rings is 1. The van der Waals surface area contributed by atoms with Gasteiger partial charge in [-0.1, -0.05) is 0 Å². The van der Waals surface area contributed by atoms with Crippen molar-refractivity contribution in [3.05, 3.63) is 69.4 Å². The highest BCUT2D eigenvalue weighted by Crippen LogP contribution is 2.34. The fourth-order valence-electron chi connectivity index (χ4n) is 4.74. The fraction of sp³-hybridized carbons (Fsp3) is 0.286. The van der Waals surface area contributed by atoms with Gasteiger partial charge in [-0.15, -0.1) is 22.7 Å². The van der Waals surface area contributed by atoms with Crippen LogP contribution < -0.4 is 15.8 Å². The molecule has 1 fully saturated rings. The van der Waals surface area contributed by atoms with Crippen molar-refractivity contribution in [3.63, 3.8) is 0 Å². The van der Waals surface area contributed by atoms with Crippen LogP contribution in [0.2, 0.25) is 0 Å². The molecule has 0 radical (unpaired) electrons. The standard InChI is InChI=1S/C28H29N7OS2/c1-4-35-26-19(15-22(27(35)36)24-9-10-25(38-24)23-17-37-18(2)30-23)16-29-28(32-26)31-20-5-7-21(8-6-20)34-13-11-33(3)12-14-34/h5-10,15-17H,4,11-14H2,1-3H3,(H,29,31,32). The van der Waals surface area contributed by atoms with Crippen molar-refractivity contribution in [2.45, 2.75) is 20.4 Å². The van der Waals surface area contributed by atoms with Crippen LogP contribution >= 0.6 is 22.7 Å². The molecular weight excluding hydrogens is 514 g/mol. The first-order valence-electron chi connectivity index (χ1n) is 12.7. The van der Waals surface area contributed by atoms with Gasteiger partial charge in [-0.05, 0) is 63.4 Å². The Kier molecular flexibility index (Phi) is 6.69. The lowest BCUT2D eigenvalue weighted by Crippen LogP contribution is -2.44. The number of aromatic nitrogens is 4. The second-order valence-corrected chi connectivity index (χ2v) is 11.6. The summed E-state index contributed by atoms with van der Waals surface area (Å²) in [6.45, 7) is 8.70. The van der Waals surface area contributed by atoms with Crippen molar-refractivity contribution in [1.82, 2.24) is 24.4 Å². The summed E-state index contributed by atoms with van der Waals surface area (Å²) in [5.74, 6) is 0.469. The van der Waals surface area contributed by atoms with E-state index in [-0.39, 0.29) is 5.56 Å². The predicted molar refractivity (Wildman–Crippen MR) is 158 cm³/mol. The SMILES string of the molecule is CCn1c(=O)c(-c2ccc(-c3csc(C)n3)s2)cc2cnc(Nc3ccc(N4CCN(C)CC4)cc3)nc21. The Morgan fingerprint density at radius 3 is 2.47 bits per heavy atom. The maximum absolute atomic E-state index is 13.5. The Bertz CT molecular complexity index is 1650. The van der Waals surface area contributed by atoms with E-state index in [2.05, 4.69) is 61.8 Å². The van der Waals surface area contributed by atoms with E-state index in [1.165, 1.54) is 5.69 Å². The third-order valence-corrected chi connectivity index (χ3v) is 8.79. The minimum absolute atomic E-state index is 0.0518. The fourth-order valence-corrected chi connectivity index (χ4v) is 6.40. The monoisotopic (exact) mass is 543 g/mol. The molecule has 0 aliphatic carbocycles. The van der Waals surface area contributed by atoms with E-state index in [1.807, 2.05) is 32.0 Å². The number of anilines is 3. The van der Waals surface area contributed by atoms with Gasteiger partial charge >= 0.3 is 0 Å². The molecule has 0 saturated carbocycles. The Balaban J connectivity index is 1.27. The molecule has 0 atom stereocenters. The third-order valence-electron chi connectivity index (χ3n) is 6.88. The van der Waals surface area contributed by atoms with E-state index >= 15 is 0 Å². The molecule has 5 aromatic rings. The van der Waals surface area contributed by atoms with Crippen molar-refractivity contribution in [3.8, 4) is 21.0 Å². The van der Waals surface area contributed by atoms with Crippen molar-refractivity contribution in [2.75, 3.05) is 43.4 Å². The number of piperazine rings is 1. The van der Waals surface area contributed by atoms with Gasteiger partial charge in [-0.25, -0.2) is 9.97 Å². The molecule has 0 spiro atoms. The molecule has 4 aromatic heterocycles. The molecule has 6 rings (SSSR count). The minimum Gasteiger partial charge on any atom is -0.369 e. The van der Waals surface area contributed by atoms with Crippen LogP contribution in [0.3, 0.4) is 0 Å². The van der Waals surface area contributed by atoms with Crippen LogP contribution in [0.25, 0.3) is 32.0 Å². The smallest absolute Gasteiger partial charge is 0.260 e. The van der Waals surface area contributed by atoms with Crippen LogP contribution in [0.4, 0.5) is 17.3 Å². The maximum Gasteiger partial charge on any atom is 0.260 e. The second kappa shape index (κ2) is 10.3. The normalized spacial score (nSPS) is 14.3. The molecule has 1 saturated heterocycles. The molecule has 0 amide bonds. The summed E-state index contributed by atoms with van der Waals surface area (Å²) in [4.78, 5) is 34.1. The Morgan fingerprint density at radius 1 is 1.00 bits per heavy atom. The molecule has 1 N–H and O–H groups in total. The number of pyridine rings is 1. The van der Waals surface area contributed by atoms with Gasteiger partial charge in [0, 0.05) is 65.9 Å². The van der Waals surface area contributed by atoms with Gasteiger partial charge in [-0.2, -0.15) is 4.98 Å². The lowest BCUT2D eigenvalue weighted by atomic mass is 10.2. The number of likely N-dealkylation sites (N-methyl/N-ethyl adjacent to an activating group) is 1. The first kappa shape index (κ1) is 24.7. The van der Waals surface area contributed by atoms with Crippen molar-refractivity contribution < 1.29 is 0 Å². The van der Waals surface area contributed by atoms with E-state index < -0.39 is 0 Å². The number of fused-ring (bicyclic) bond motifs is 1. The van der Waals surface area contributed by atoms with Crippen LogP contribution in [-0.2, 0) is 6.54 Å². The molecule has 10 heteroatoms. The van der Waals surface area contributed by atoms with Gasteiger partial charge in [-0.3, -0.25) is 9.36 Å². The number of rotatable bonds is 6. The Labute approximate surface area is 229 Å². The Hall–Kier alpha value is -3.60. The van der Waals surface area contributed by atoms with Crippen LogP contribution in [0, 0.1) is 6.92 Å². The van der Waals surface area contributed by atoms with Gasteiger partial charge in [0.2, 0.25) is 5.95 Å². The van der Waals surface area contributed by atoms with Crippen LogP contribution in [0.5, 0.6) is 0 Å². The van der Waals surface area contributed by atoms with Gasteiger partial charge in [0.05, 0.1) is 21.1 Å². The van der Waals surface area contributed by atoms with Crippen LogP contribution in [0.15, 0.2) is 58.8 Å². The zero-order valence-electron chi connectivity index (χ0n) is 21.6. The van der Waals surface area contributed by atoms with Gasteiger partial charge in [0.25, 0.3) is 5.56 Å². The summed E-state index contributed by atoms with van der Waals surface area (Å²) in [6.07, 6.45) is 1.79. The van der Waals surface area contributed by atoms with Crippen molar-refractivity contribution in [1.29, 1.82) is 0 Å². The summed E-state index contributed by atoms with van der Waals surface area (Å²) >= 11 is 3.21. The van der Waals surface area contributed by atoms with Gasteiger partial charge in [0.15, 0.2) is 0 Å². The van der Waals surface area contributed by atoms with E-state index in [0.717, 1.165) is 57.7 Å². The zero-order chi connectivity index (χ0) is 26.2. The van der Waals surface area contributed by atoms with Crippen LogP contribution in [0.1, 0.15) is 11.9 Å². The summed E-state index contributed by atoms with van der Waals surface area (Å²) < 4.78 is 1.72. The van der Waals surface area contributed by atoms with Gasteiger partial charge in [0.1, 0.15) is 5.65 Å². The molecule has 1 aliphatic rings. The Morgan fingerprint density at radius 2 is 1.76 bits per heavy atom. The van der Waals surface area contributed by atoms with E-state index in [1.54, 1.807) is 33.4 Å². The topological polar surface area (TPSA) is 79.2 Å². The number of thiazole rings is 1. The molecule has 0 bridgehead atoms. The first-order chi connectivity index (χ1) is 18.5.